The smallest absolute Gasteiger partial charge is 0.415 e. The van der Waals surface area contributed by atoms with Gasteiger partial charge in [-0.05, 0) is 55.7 Å². The number of carbonyl (C=O) groups is 1. The number of carboxylic acids is 1. The molecule has 0 saturated carbocycles. The second kappa shape index (κ2) is 16.2. The van der Waals surface area contributed by atoms with Gasteiger partial charge in [-0.2, -0.15) is 13.2 Å². The average Bonchev–Trinajstić information content (AvgIpc) is 2.80. The van der Waals surface area contributed by atoms with Gasteiger partial charge < -0.3 is 9.84 Å². The van der Waals surface area contributed by atoms with E-state index in [1.54, 1.807) is 13.8 Å². The van der Waals surface area contributed by atoms with Crippen molar-refractivity contribution >= 4 is 22.8 Å². The zero-order valence-corrected chi connectivity index (χ0v) is 21.4. The van der Waals surface area contributed by atoms with Crippen LogP contribution in [0.4, 0.5) is 13.2 Å². The van der Waals surface area contributed by atoms with Crippen LogP contribution in [-0.4, -0.2) is 41.2 Å². The first-order chi connectivity index (χ1) is 15.9. The molecule has 0 aliphatic carbocycles. The molecule has 0 bridgehead atoms. The van der Waals surface area contributed by atoms with Gasteiger partial charge in [0, 0.05) is 5.57 Å². The molecular formula is C26H36F3NO3S. The second-order valence-corrected chi connectivity index (χ2v) is 8.25. The zero-order chi connectivity index (χ0) is 26.3. The predicted octanol–water partition coefficient (Wildman–Crippen LogP) is 7.52. The normalized spacial score (nSPS) is 13.6. The number of carboxylic acid groups (broad SMARTS) is 1. The number of allylic oxidation sites excluding steroid dienone is 2. The van der Waals surface area contributed by atoms with Gasteiger partial charge in [0.15, 0.2) is 0 Å². The maximum atomic E-state index is 12.5. The van der Waals surface area contributed by atoms with Crippen LogP contribution < -0.4 is 4.74 Å². The molecular weight excluding hydrogens is 463 g/mol. The van der Waals surface area contributed by atoms with Gasteiger partial charge in [0.05, 0.1) is 23.6 Å². The van der Waals surface area contributed by atoms with Crippen LogP contribution in [0.15, 0.2) is 65.7 Å². The highest BCUT2D eigenvalue weighted by atomic mass is 32.2. The van der Waals surface area contributed by atoms with Gasteiger partial charge >= 0.3 is 12.1 Å². The molecule has 2 atom stereocenters. The number of aliphatic carboxylic acids is 1. The third-order valence-corrected chi connectivity index (χ3v) is 5.44. The number of aliphatic imine (C=N–C) groups is 1. The molecule has 0 spiro atoms. The minimum Gasteiger partial charge on any atom is -0.494 e. The summed E-state index contributed by atoms with van der Waals surface area (Å²) in [5.41, 5.74) is 0.475. The van der Waals surface area contributed by atoms with Gasteiger partial charge in [0.2, 0.25) is 0 Å². The molecule has 0 aliphatic heterocycles. The number of halogens is 3. The van der Waals surface area contributed by atoms with E-state index in [9.17, 15) is 18.0 Å². The quantitative estimate of drug-likeness (QED) is 0.140. The van der Waals surface area contributed by atoms with Crippen LogP contribution in [0.3, 0.4) is 0 Å². The first kappa shape index (κ1) is 31.5. The Morgan fingerprint density at radius 3 is 2.26 bits per heavy atom. The summed E-state index contributed by atoms with van der Waals surface area (Å²) in [5, 5.41) is 9.84. The molecule has 34 heavy (non-hydrogen) atoms. The lowest BCUT2D eigenvalue weighted by atomic mass is 10.0. The van der Waals surface area contributed by atoms with Gasteiger partial charge in [-0.3, -0.25) is 9.79 Å². The van der Waals surface area contributed by atoms with Crippen LogP contribution in [0.1, 0.15) is 46.1 Å². The third kappa shape index (κ3) is 12.7. The Labute approximate surface area is 205 Å². The van der Waals surface area contributed by atoms with Crippen LogP contribution in [-0.2, 0) is 11.2 Å². The predicted molar refractivity (Wildman–Crippen MR) is 137 cm³/mol. The van der Waals surface area contributed by atoms with Crippen molar-refractivity contribution in [3.8, 4) is 5.75 Å². The molecule has 0 amide bonds. The van der Waals surface area contributed by atoms with E-state index in [-0.39, 0.29) is 6.04 Å². The largest absolute Gasteiger partial charge is 0.494 e. The standard InChI is InChI=1S/C24H30F3NO3S.C2H6/c1-16(8-9-18(3)24(25,26)27)19(4)28-22(32-5)7-6-14-31-21-12-10-20(11-13-21)15-17(2)23(29)30;1-2/h8-13,17,19H,1,3,6-7,14-15H2,2,4-5H3,(H,29,30);1-2H3/b9-8-,28-22?;. The highest BCUT2D eigenvalue weighted by Gasteiger charge is 2.29. The lowest BCUT2D eigenvalue weighted by Crippen LogP contribution is -2.12. The number of nitrogens with zero attached hydrogens (tertiary/aromatic N) is 1. The van der Waals surface area contributed by atoms with Crippen LogP contribution in [0.25, 0.3) is 0 Å². The van der Waals surface area contributed by atoms with Gasteiger partial charge in [-0.15, -0.1) is 11.8 Å². The van der Waals surface area contributed by atoms with E-state index >= 15 is 0 Å². The maximum absolute atomic E-state index is 12.5. The van der Waals surface area contributed by atoms with Crippen LogP contribution >= 0.6 is 11.8 Å². The molecule has 0 fully saturated rings. The summed E-state index contributed by atoms with van der Waals surface area (Å²) in [7, 11) is 0. The average molecular weight is 500 g/mol. The molecule has 1 N–H and O–H groups in total. The molecule has 8 heteroatoms. The lowest BCUT2D eigenvalue weighted by Gasteiger charge is -2.12. The van der Waals surface area contributed by atoms with Crippen LogP contribution in [0, 0.1) is 5.92 Å². The van der Waals surface area contributed by atoms with Crippen molar-refractivity contribution in [3.05, 3.63) is 66.3 Å². The van der Waals surface area contributed by atoms with E-state index in [0.717, 1.165) is 23.1 Å². The van der Waals surface area contributed by atoms with Crippen molar-refractivity contribution < 1.29 is 27.8 Å². The van der Waals surface area contributed by atoms with Crippen molar-refractivity contribution in [2.75, 3.05) is 12.9 Å². The Kier molecular flexibility index (Phi) is 15.0. The molecule has 2 unspecified atom stereocenters. The molecule has 0 aliphatic rings. The van der Waals surface area contributed by atoms with E-state index in [1.165, 1.54) is 17.8 Å². The molecule has 0 aromatic heterocycles. The minimum atomic E-state index is -4.45. The summed E-state index contributed by atoms with van der Waals surface area (Å²) in [6.07, 6.45) is 1.51. The lowest BCUT2D eigenvalue weighted by molar-refractivity contribution is -0.141. The van der Waals surface area contributed by atoms with Crippen molar-refractivity contribution in [2.45, 2.75) is 59.2 Å². The fourth-order valence-electron chi connectivity index (χ4n) is 2.54. The fourth-order valence-corrected chi connectivity index (χ4v) is 3.15. The number of hydrogen-bond acceptors (Lipinski definition) is 4. The second-order valence-electron chi connectivity index (χ2n) is 7.37. The summed E-state index contributed by atoms with van der Waals surface area (Å²) >= 11 is 1.48. The van der Waals surface area contributed by atoms with Crippen LogP contribution in [0.5, 0.6) is 5.75 Å². The summed E-state index contributed by atoms with van der Waals surface area (Å²) < 4.78 is 43.3. The molecule has 1 aromatic rings. The Bertz CT molecular complexity index is 846. The molecule has 0 radical (unpaired) electrons. The SMILES string of the molecule is C=C(/C=C\C(=C)C(F)(F)F)C(C)N=C(CCCOc1ccc(CC(C)C(=O)O)cc1)SC.CC. The van der Waals surface area contributed by atoms with Gasteiger partial charge in [-0.1, -0.05) is 58.2 Å². The Morgan fingerprint density at radius 1 is 1.18 bits per heavy atom. The molecule has 4 nitrogen and oxygen atoms in total. The Balaban J connectivity index is 0.00000529. The summed E-state index contributed by atoms with van der Waals surface area (Å²) in [4.78, 5) is 15.5. The highest BCUT2D eigenvalue weighted by molar-refractivity contribution is 8.13. The number of alkyl halides is 3. The topological polar surface area (TPSA) is 58.9 Å². The third-order valence-electron chi connectivity index (χ3n) is 4.66. The van der Waals surface area contributed by atoms with Crippen molar-refractivity contribution in [3.63, 3.8) is 0 Å². The van der Waals surface area contributed by atoms with E-state index in [4.69, 9.17) is 9.84 Å². The molecule has 0 saturated heterocycles. The number of thioether (sulfide) groups is 1. The van der Waals surface area contributed by atoms with Crippen molar-refractivity contribution in [1.29, 1.82) is 0 Å². The molecule has 0 heterocycles. The number of rotatable bonds is 12. The Hall–Kier alpha value is -2.48. The van der Waals surface area contributed by atoms with Crippen molar-refractivity contribution in [1.82, 2.24) is 0 Å². The fraction of sp³-hybridized carbons (Fsp3) is 0.462. The number of hydrogen-bond donors (Lipinski definition) is 1. The number of benzene rings is 1. The first-order valence-corrected chi connectivity index (χ1v) is 12.3. The maximum Gasteiger partial charge on any atom is 0.415 e. The van der Waals surface area contributed by atoms with E-state index in [0.29, 0.717) is 30.8 Å². The van der Waals surface area contributed by atoms with Crippen LogP contribution in [0.2, 0.25) is 0 Å². The Morgan fingerprint density at radius 2 is 1.76 bits per heavy atom. The number of ether oxygens (including phenoxy) is 1. The van der Waals surface area contributed by atoms with Crippen molar-refractivity contribution in [2.24, 2.45) is 10.9 Å². The van der Waals surface area contributed by atoms with E-state index < -0.39 is 23.6 Å². The van der Waals surface area contributed by atoms with Gasteiger partial charge in [0.1, 0.15) is 5.75 Å². The summed E-state index contributed by atoms with van der Waals surface area (Å²) in [5.74, 6) is -0.558. The summed E-state index contributed by atoms with van der Waals surface area (Å²) in [6, 6.07) is 7.01. The minimum absolute atomic E-state index is 0.351. The first-order valence-electron chi connectivity index (χ1n) is 11.1. The summed E-state index contributed by atoms with van der Waals surface area (Å²) in [6.45, 7) is 14.7. The molecule has 1 aromatic carbocycles. The van der Waals surface area contributed by atoms with Gasteiger partial charge in [0.25, 0.3) is 0 Å². The zero-order valence-electron chi connectivity index (χ0n) is 20.6. The molecule has 190 valence electrons. The highest BCUT2D eigenvalue weighted by Crippen LogP contribution is 2.25. The van der Waals surface area contributed by atoms with Gasteiger partial charge in [-0.25, -0.2) is 0 Å². The monoisotopic (exact) mass is 499 g/mol. The molecule has 1 rings (SSSR count). The van der Waals surface area contributed by atoms with E-state index in [1.807, 2.05) is 44.4 Å². The van der Waals surface area contributed by atoms with E-state index in [2.05, 4.69) is 18.2 Å².